The molecule has 0 radical (unpaired) electrons. The third-order valence-corrected chi connectivity index (χ3v) is 12.2. The molecule has 2 aromatic heterocycles. The van der Waals surface area contributed by atoms with Gasteiger partial charge < -0.3 is 9.88 Å². The summed E-state index contributed by atoms with van der Waals surface area (Å²) in [6.07, 6.45) is 2.28. The van der Waals surface area contributed by atoms with Gasteiger partial charge in [-0.3, -0.25) is 0 Å². The van der Waals surface area contributed by atoms with Gasteiger partial charge in [-0.1, -0.05) is 146 Å². The summed E-state index contributed by atoms with van der Waals surface area (Å²) in [6.45, 7) is 0. The van der Waals surface area contributed by atoms with E-state index in [1.54, 1.807) is 0 Å². The lowest BCUT2D eigenvalue weighted by Crippen LogP contribution is -2.31. The molecule has 0 amide bonds. The lowest BCUT2D eigenvalue weighted by Gasteiger charge is -2.25. The molecule has 4 heteroatoms. The third kappa shape index (κ3) is 5.54. The largest absolute Gasteiger partial charge is 0.359 e. The normalized spacial score (nSPS) is 14.2. The van der Waals surface area contributed by atoms with Crippen molar-refractivity contribution in [1.29, 1.82) is 0 Å². The molecule has 10 aromatic rings. The summed E-state index contributed by atoms with van der Waals surface area (Å²) < 4.78 is 4.95. The Kier molecular flexibility index (Phi) is 7.75. The zero-order chi connectivity index (χ0) is 37.0. The summed E-state index contributed by atoms with van der Waals surface area (Å²) in [7, 11) is 0. The Morgan fingerprint density at radius 1 is 0.464 bits per heavy atom. The Bertz CT molecular complexity index is 3170. The van der Waals surface area contributed by atoms with Crippen LogP contribution in [0.25, 0.3) is 75.6 Å². The van der Waals surface area contributed by atoms with Gasteiger partial charge in [0.15, 0.2) is 0 Å². The maximum absolute atomic E-state index is 5.40. The Balaban J connectivity index is 1.05. The minimum absolute atomic E-state index is 0.0878. The number of aliphatic imine (C=N–C) groups is 1. The highest BCUT2D eigenvalue weighted by molar-refractivity contribution is 7.25. The van der Waals surface area contributed by atoms with Gasteiger partial charge in [-0.15, -0.1) is 11.3 Å². The van der Waals surface area contributed by atoms with Crippen LogP contribution in [0.2, 0.25) is 0 Å². The van der Waals surface area contributed by atoms with Crippen LogP contribution >= 0.6 is 11.3 Å². The van der Waals surface area contributed by atoms with Crippen LogP contribution in [0.15, 0.2) is 205 Å². The molecule has 0 spiro atoms. The molecule has 3 nitrogen and oxygen atoms in total. The Labute approximate surface area is 329 Å². The number of fused-ring (bicyclic) bond motifs is 6. The van der Waals surface area contributed by atoms with E-state index in [0.717, 1.165) is 33.9 Å². The van der Waals surface area contributed by atoms with Gasteiger partial charge in [0.25, 0.3) is 0 Å². The summed E-state index contributed by atoms with van der Waals surface area (Å²) in [5.74, 6) is 0.856. The van der Waals surface area contributed by atoms with Crippen molar-refractivity contribution in [3.05, 3.63) is 217 Å². The van der Waals surface area contributed by atoms with E-state index < -0.39 is 0 Å². The van der Waals surface area contributed by atoms with Gasteiger partial charge >= 0.3 is 0 Å². The van der Waals surface area contributed by atoms with Gasteiger partial charge in [0.2, 0.25) is 0 Å². The smallest absolute Gasteiger partial charge is 0.134 e. The van der Waals surface area contributed by atoms with Gasteiger partial charge in [0.05, 0.1) is 22.8 Å². The van der Waals surface area contributed by atoms with E-state index in [-0.39, 0.29) is 6.04 Å². The highest BCUT2D eigenvalue weighted by Crippen LogP contribution is 2.40. The van der Waals surface area contributed by atoms with Crippen LogP contribution in [0.5, 0.6) is 0 Å². The van der Waals surface area contributed by atoms with E-state index in [1.165, 1.54) is 64.2 Å². The number of benzene rings is 8. The first-order valence-electron chi connectivity index (χ1n) is 19.1. The van der Waals surface area contributed by atoms with Crippen molar-refractivity contribution in [1.82, 2.24) is 9.88 Å². The van der Waals surface area contributed by atoms with Gasteiger partial charge in [-0.2, -0.15) is 0 Å². The van der Waals surface area contributed by atoms with Gasteiger partial charge in [0, 0.05) is 47.8 Å². The molecule has 3 heterocycles. The van der Waals surface area contributed by atoms with Crippen molar-refractivity contribution in [2.24, 2.45) is 4.99 Å². The van der Waals surface area contributed by atoms with Crippen molar-refractivity contribution in [2.45, 2.75) is 6.04 Å². The van der Waals surface area contributed by atoms with Crippen LogP contribution in [0, 0.1) is 0 Å². The Hall–Kier alpha value is -7.01. The lowest BCUT2D eigenvalue weighted by molar-refractivity contribution is 0.781. The van der Waals surface area contributed by atoms with Crippen molar-refractivity contribution < 1.29 is 0 Å². The molecule has 1 aliphatic rings. The minimum atomic E-state index is -0.0878. The number of thiophene rings is 1. The fourth-order valence-electron chi connectivity index (χ4n) is 8.40. The standard InChI is InChI=1S/C52H35N3S/c1-3-14-34(15-4-1)35-16-11-18-37(30-35)45-33-46(38-28-29-43-42-22-8-10-27-49(42)56-50(43)32-38)54-52(53-45)39-19-12-17-36(31-39)41-24-13-26-48-51(41)44-23-7-9-25-47(44)55(48)40-20-5-2-6-21-40/h1-33,45H,(H,53,54). The molecule has 0 saturated heterocycles. The van der Waals surface area contributed by atoms with Crippen molar-refractivity contribution in [3.63, 3.8) is 0 Å². The maximum atomic E-state index is 5.40. The van der Waals surface area contributed by atoms with Crippen LogP contribution in [-0.4, -0.2) is 10.4 Å². The quantitative estimate of drug-likeness (QED) is 0.181. The number of aromatic nitrogens is 1. The van der Waals surface area contributed by atoms with Crippen LogP contribution < -0.4 is 5.32 Å². The summed E-state index contributed by atoms with van der Waals surface area (Å²) in [5, 5.41) is 8.94. The SMILES string of the molecule is C1=C(c2ccc3c(c2)sc2ccccc23)N=C(c2cccc(-c3cccc4c3c3ccccc3n4-c3ccccc3)c2)NC1c1cccc(-c2ccccc2)c1. The van der Waals surface area contributed by atoms with Crippen molar-refractivity contribution in [3.8, 4) is 27.9 Å². The molecular formula is C52H35N3S. The molecule has 264 valence electrons. The first-order chi connectivity index (χ1) is 27.7. The number of nitrogens with zero attached hydrogens (tertiary/aromatic N) is 2. The first-order valence-corrected chi connectivity index (χ1v) is 19.9. The average Bonchev–Trinajstić information content (AvgIpc) is 3.82. The molecule has 8 aromatic carbocycles. The van der Waals surface area contributed by atoms with Gasteiger partial charge in [-0.05, 0) is 82.4 Å². The molecule has 1 unspecified atom stereocenters. The second-order valence-electron chi connectivity index (χ2n) is 14.4. The number of amidine groups is 1. The van der Waals surface area contributed by atoms with E-state index in [9.17, 15) is 0 Å². The second-order valence-corrected chi connectivity index (χ2v) is 15.5. The topological polar surface area (TPSA) is 29.3 Å². The van der Waals surface area contributed by atoms with E-state index in [4.69, 9.17) is 4.99 Å². The third-order valence-electron chi connectivity index (χ3n) is 11.0. The monoisotopic (exact) mass is 733 g/mol. The fraction of sp³-hybridized carbons (Fsp3) is 0.0192. The number of hydrogen-bond acceptors (Lipinski definition) is 3. The number of nitrogens with one attached hydrogen (secondary N) is 1. The second kappa shape index (κ2) is 13.4. The maximum Gasteiger partial charge on any atom is 0.134 e. The minimum Gasteiger partial charge on any atom is -0.359 e. The highest BCUT2D eigenvalue weighted by atomic mass is 32.1. The summed E-state index contributed by atoms with van der Waals surface area (Å²) in [5.41, 5.74) is 12.6. The lowest BCUT2D eigenvalue weighted by atomic mass is 9.95. The summed E-state index contributed by atoms with van der Waals surface area (Å²) in [6, 6.07) is 69.8. The highest BCUT2D eigenvalue weighted by Gasteiger charge is 2.22. The van der Waals surface area contributed by atoms with Crippen molar-refractivity contribution in [2.75, 3.05) is 0 Å². The van der Waals surface area contributed by atoms with Crippen LogP contribution in [0.3, 0.4) is 0 Å². The molecule has 0 aliphatic carbocycles. The average molecular weight is 734 g/mol. The predicted octanol–water partition coefficient (Wildman–Crippen LogP) is 13.6. The van der Waals surface area contributed by atoms with Crippen LogP contribution in [0.4, 0.5) is 0 Å². The molecule has 56 heavy (non-hydrogen) atoms. The molecule has 0 saturated carbocycles. The first kappa shape index (κ1) is 32.4. The van der Waals surface area contributed by atoms with Gasteiger partial charge in [0.1, 0.15) is 5.84 Å². The van der Waals surface area contributed by atoms with Crippen LogP contribution in [0.1, 0.15) is 22.7 Å². The molecule has 1 aliphatic heterocycles. The van der Waals surface area contributed by atoms with Gasteiger partial charge in [-0.25, -0.2) is 4.99 Å². The number of hydrogen-bond donors (Lipinski definition) is 1. The zero-order valence-electron chi connectivity index (χ0n) is 30.4. The molecular weight excluding hydrogens is 699 g/mol. The molecule has 0 bridgehead atoms. The summed E-state index contributed by atoms with van der Waals surface area (Å²) in [4.78, 5) is 5.40. The Morgan fingerprint density at radius 2 is 1.14 bits per heavy atom. The van der Waals surface area contributed by atoms with Crippen LogP contribution in [-0.2, 0) is 0 Å². The van der Waals surface area contributed by atoms with E-state index in [1.807, 2.05) is 11.3 Å². The zero-order valence-corrected chi connectivity index (χ0v) is 31.2. The molecule has 1 atom stereocenters. The summed E-state index contributed by atoms with van der Waals surface area (Å²) >= 11 is 1.84. The number of rotatable bonds is 6. The van der Waals surface area contributed by atoms with E-state index in [2.05, 4.69) is 210 Å². The molecule has 0 fully saturated rings. The molecule has 11 rings (SSSR count). The predicted molar refractivity (Wildman–Crippen MR) is 238 cm³/mol. The number of para-hydroxylation sites is 2. The Morgan fingerprint density at radius 3 is 2.04 bits per heavy atom. The van der Waals surface area contributed by atoms with Crippen molar-refractivity contribution >= 4 is 64.8 Å². The fourth-order valence-corrected chi connectivity index (χ4v) is 9.55. The molecule has 1 N–H and O–H groups in total. The van der Waals surface area contributed by atoms with E-state index in [0.29, 0.717) is 0 Å². The van der Waals surface area contributed by atoms with E-state index >= 15 is 0 Å².